The van der Waals surface area contributed by atoms with Gasteiger partial charge in [0.2, 0.25) is 0 Å². The van der Waals surface area contributed by atoms with Crippen LogP contribution in [0.1, 0.15) is 47.8 Å². The van der Waals surface area contributed by atoms with E-state index in [0.717, 1.165) is 50.7 Å². The fourth-order valence-electron chi connectivity index (χ4n) is 3.69. The van der Waals surface area contributed by atoms with Crippen molar-refractivity contribution in [3.8, 4) is 0 Å². The summed E-state index contributed by atoms with van der Waals surface area (Å²) >= 11 is 0. The van der Waals surface area contributed by atoms with E-state index in [4.69, 9.17) is 0 Å². The van der Waals surface area contributed by atoms with Gasteiger partial charge in [-0.2, -0.15) is 0 Å². The normalized spacial score (nSPS) is 19.0. The van der Waals surface area contributed by atoms with E-state index in [9.17, 15) is 4.79 Å². The van der Waals surface area contributed by atoms with E-state index in [1.807, 2.05) is 23.2 Å². The molecule has 2 aliphatic rings. The number of likely N-dealkylation sites (tertiary alicyclic amines) is 1. The minimum Gasteiger partial charge on any atom is -0.357 e. The first kappa shape index (κ1) is 15.2. The van der Waals surface area contributed by atoms with Gasteiger partial charge >= 0.3 is 0 Å². The van der Waals surface area contributed by atoms with Gasteiger partial charge < -0.3 is 14.8 Å². The molecule has 2 aliphatic heterocycles. The van der Waals surface area contributed by atoms with Crippen LogP contribution in [0.5, 0.6) is 0 Å². The lowest BCUT2D eigenvalue weighted by atomic mass is 9.96. The molecule has 2 saturated heterocycles. The molecular weight excluding hydrogens is 302 g/mol. The number of carbonyl (C=O) groups excluding carboxylic acids is 1. The second-order valence-corrected chi connectivity index (χ2v) is 6.64. The molecule has 0 atom stereocenters. The van der Waals surface area contributed by atoms with Crippen molar-refractivity contribution in [3.05, 3.63) is 42.1 Å². The van der Waals surface area contributed by atoms with E-state index >= 15 is 0 Å². The smallest absolute Gasteiger partial charge is 0.255 e. The van der Waals surface area contributed by atoms with Crippen molar-refractivity contribution in [3.63, 3.8) is 0 Å². The van der Waals surface area contributed by atoms with Crippen LogP contribution in [0.2, 0.25) is 0 Å². The van der Waals surface area contributed by atoms with Gasteiger partial charge in [0.1, 0.15) is 11.6 Å². The molecule has 0 aliphatic carbocycles. The third kappa shape index (κ3) is 3.00. The van der Waals surface area contributed by atoms with E-state index in [2.05, 4.69) is 19.9 Å². The monoisotopic (exact) mass is 325 g/mol. The molecule has 0 radical (unpaired) electrons. The van der Waals surface area contributed by atoms with Gasteiger partial charge in [-0.25, -0.2) is 9.97 Å². The van der Waals surface area contributed by atoms with Crippen molar-refractivity contribution in [1.29, 1.82) is 0 Å². The second-order valence-electron chi connectivity index (χ2n) is 6.64. The van der Waals surface area contributed by atoms with Gasteiger partial charge in [-0.05, 0) is 37.8 Å². The highest BCUT2D eigenvalue weighted by atomic mass is 16.2. The Labute approximate surface area is 141 Å². The number of nitrogens with zero attached hydrogens (tertiary/aromatic N) is 4. The Bertz CT molecular complexity index is 668. The Balaban J connectivity index is 1.37. The number of hydrogen-bond donors (Lipinski definition) is 1. The largest absolute Gasteiger partial charge is 0.357 e. The Morgan fingerprint density at radius 2 is 1.88 bits per heavy atom. The minimum atomic E-state index is 0.0911. The van der Waals surface area contributed by atoms with Gasteiger partial charge in [0.15, 0.2) is 0 Å². The molecule has 2 aromatic heterocycles. The summed E-state index contributed by atoms with van der Waals surface area (Å²) in [6.07, 6.45) is 9.76. The molecule has 0 saturated carbocycles. The van der Waals surface area contributed by atoms with E-state index in [1.54, 1.807) is 12.4 Å². The number of piperidine rings is 1. The number of nitrogens with one attached hydrogen (secondary N) is 1. The Morgan fingerprint density at radius 3 is 2.50 bits per heavy atom. The van der Waals surface area contributed by atoms with Gasteiger partial charge in [-0.3, -0.25) is 4.79 Å². The van der Waals surface area contributed by atoms with Crippen molar-refractivity contribution in [2.75, 3.05) is 31.1 Å². The number of carbonyl (C=O) groups is 1. The van der Waals surface area contributed by atoms with Crippen LogP contribution in [0, 0.1) is 0 Å². The maximum atomic E-state index is 12.7. The minimum absolute atomic E-state index is 0.0911. The second kappa shape index (κ2) is 6.63. The van der Waals surface area contributed by atoms with E-state index in [1.165, 1.54) is 12.8 Å². The van der Waals surface area contributed by atoms with Crippen LogP contribution in [0.25, 0.3) is 0 Å². The standard InChI is InChI=1S/C18H23N5O/c24-18(15-3-4-16(21-13-15)22-9-1-2-10-22)23-11-5-14(6-12-23)17-19-7-8-20-17/h3-4,7-8,13-14H,1-2,5-6,9-12H2,(H,19,20). The highest BCUT2D eigenvalue weighted by Gasteiger charge is 2.26. The summed E-state index contributed by atoms with van der Waals surface area (Å²) in [5.74, 6) is 2.55. The van der Waals surface area contributed by atoms with E-state index in [0.29, 0.717) is 11.5 Å². The maximum absolute atomic E-state index is 12.7. The highest BCUT2D eigenvalue weighted by molar-refractivity contribution is 5.94. The number of aromatic nitrogens is 3. The van der Waals surface area contributed by atoms with Crippen molar-refractivity contribution < 1.29 is 4.79 Å². The predicted octanol–water partition coefficient (Wildman–Crippen LogP) is 2.42. The molecule has 2 aromatic rings. The van der Waals surface area contributed by atoms with Crippen molar-refractivity contribution in [2.45, 2.75) is 31.6 Å². The number of anilines is 1. The first-order valence-corrected chi connectivity index (χ1v) is 8.81. The van der Waals surface area contributed by atoms with E-state index in [-0.39, 0.29) is 5.91 Å². The Kier molecular flexibility index (Phi) is 4.19. The van der Waals surface area contributed by atoms with E-state index < -0.39 is 0 Å². The maximum Gasteiger partial charge on any atom is 0.255 e. The Hall–Kier alpha value is -2.37. The van der Waals surface area contributed by atoms with Crippen molar-refractivity contribution >= 4 is 11.7 Å². The fraction of sp³-hybridized carbons (Fsp3) is 0.500. The lowest BCUT2D eigenvalue weighted by molar-refractivity contribution is 0.0711. The summed E-state index contributed by atoms with van der Waals surface area (Å²) in [4.78, 5) is 28.9. The number of H-pyrrole nitrogens is 1. The fourth-order valence-corrected chi connectivity index (χ4v) is 3.69. The molecule has 1 N–H and O–H groups in total. The Morgan fingerprint density at radius 1 is 1.08 bits per heavy atom. The molecule has 4 heterocycles. The summed E-state index contributed by atoms with van der Waals surface area (Å²) in [6.45, 7) is 3.69. The van der Waals surface area contributed by atoms with Crippen LogP contribution in [-0.2, 0) is 0 Å². The topological polar surface area (TPSA) is 65.1 Å². The summed E-state index contributed by atoms with van der Waals surface area (Å²) < 4.78 is 0. The number of hydrogen-bond acceptors (Lipinski definition) is 4. The summed E-state index contributed by atoms with van der Waals surface area (Å²) in [5, 5.41) is 0. The van der Waals surface area contributed by atoms with Crippen LogP contribution < -0.4 is 4.90 Å². The van der Waals surface area contributed by atoms with Crippen LogP contribution in [0.4, 0.5) is 5.82 Å². The molecule has 24 heavy (non-hydrogen) atoms. The third-order valence-electron chi connectivity index (χ3n) is 5.11. The molecule has 4 rings (SSSR count). The van der Waals surface area contributed by atoms with Crippen LogP contribution >= 0.6 is 0 Å². The highest BCUT2D eigenvalue weighted by Crippen LogP contribution is 2.26. The van der Waals surface area contributed by atoms with Crippen molar-refractivity contribution in [1.82, 2.24) is 19.9 Å². The SMILES string of the molecule is O=C(c1ccc(N2CCCC2)nc1)N1CCC(c2ncc[nH]2)CC1. The van der Waals surface area contributed by atoms with Crippen LogP contribution in [-0.4, -0.2) is 51.9 Å². The first-order chi connectivity index (χ1) is 11.8. The van der Waals surface area contributed by atoms with Crippen LogP contribution in [0.3, 0.4) is 0 Å². The van der Waals surface area contributed by atoms with Gasteiger partial charge in [-0.15, -0.1) is 0 Å². The lowest BCUT2D eigenvalue weighted by Crippen LogP contribution is -2.38. The number of amides is 1. The average Bonchev–Trinajstić information content (AvgIpc) is 3.35. The summed E-state index contributed by atoms with van der Waals surface area (Å²) in [7, 11) is 0. The zero-order valence-electron chi connectivity index (χ0n) is 13.8. The lowest BCUT2D eigenvalue weighted by Gasteiger charge is -2.31. The molecular formula is C18H23N5O. The van der Waals surface area contributed by atoms with Gasteiger partial charge in [0, 0.05) is 50.7 Å². The molecule has 0 bridgehead atoms. The van der Waals surface area contributed by atoms with Gasteiger partial charge in [0.05, 0.1) is 5.56 Å². The summed E-state index contributed by atoms with van der Waals surface area (Å²) in [5.41, 5.74) is 0.689. The molecule has 0 aromatic carbocycles. The summed E-state index contributed by atoms with van der Waals surface area (Å²) in [6, 6.07) is 3.90. The van der Waals surface area contributed by atoms with Crippen LogP contribution in [0.15, 0.2) is 30.7 Å². The molecule has 6 heteroatoms. The average molecular weight is 325 g/mol. The molecule has 126 valence electrons. The molecule has 2 fully saturated rings. The van der Waals surface area contributed by atoms with Gasteiger partial charge in [-0.1, -0.05) is 0 Å². The number of imidazole rings is 1. The quantitative estimate of drug-likeness (QED) is 0.941. The molecule has 1 amide bonds. The third-order valence-corrected chi connectivity index (χ3v) is 5.11. The van der Waals surface area contributed by atoms with Crippen molar-refractivity contribution in [2.24, 2.45) is 0 Å². The predicted molar refractivity (Wildman–Crippen MR) is 92.2 cm³/mol. The molecule has 0 spiro atoms. The zero-order chi connectivity index (χ0) is 16.4. The zero-order valence-corrected chi connectivity index (χ0v) is 13.8. The first-order valence-electron chi connectivity index (χ1n) is 8.81. The number of aromatic amines is 1. The molecule has 0 unspecified atom stereocenters. The number of pyridine rings is 1. The molecule has 6 nitrogen and oxygen atoms in total. The van der Waals surface area contributed by atoms with Gasteiger partial charge in [0.25, 0.3) is 5.91 Å². The number of rotatable bonds is 3.